The average Bonchev–Trinajstić information content (AvgIpc) is 3.28. The number of benzene rings is 1. The Hall–Kier alpha value is -2.54. The maximum atomic E-state index is 12.6. The molecule has 2 heterocycles. The Morgan fingerprint density at radius 2 is 1.96 bits per heavy atom. The smallest absolute Gasteiger partial charge is 0.281 e. The minimum Gasteiger partial charge on any atom is -0.348 e. The fraction of sp³-hybridized carbons (Fsp3) is 0.333. The van der Waals surface area contributed by atoms with E-state index in [9.17, 15) is 9.59 Å². The maximum absolute atomic E-state index is 12.6. The van der Waals surface area contributed by atoms with Gasteiger partial charge in [-0.2, -0.15) is 4.37 Å². The van der Waals surface area contributed by atoms with Crippen LogP contribution in [0.5, 0.6) is 0 Å². The first-order valence-corrected chi connectivity index (χ1v) is 9.19. The molecule has 1 aliphatic carbocycles. The quantitative estimate of drug-likeness (QED) is 0.781. The summed E-state index contributed by atoms with van der Waals surface area (Å²) in [7, 11) is 0. The molecule has 2 aromatic heterocycles. The zero-order chi connectivity index (χ0) is 17.2. The van der Waals surface area contributed by atoms with Crippen molar-refractivity contribution in [2.24, 2.45) is 0 Å². The van der Waals surface area contributed by atoms with Gasteiger partial charge in [0.1, 0.15) is 10.4 Å². The topological polar surface area (TPSA) is 76.9 Å². The lowest BCUT2D eigenvalue weighted by atomic mass is 10.2. The summed E-state index contributed by atoms with van der Waals surface area (Å²) in [5, 5.41) is 3.03. The third-order valence-electron chi connectivity index (χ3n) is 4.55. The van der Waals surface area contributed by atoms with Crippen LogP contribution in [0, 0.1) is 0 Å². The molecule has 0 radical (unpaired) electrons. The van der Waals surface area contributed by atoms with Gasteiger partial charge in [0.2, 0.25) is 0 Å². The van der Waals surface area contributed by atoms with E-state index in [4.69, 9.17) is 0 Å². The van der Waals surface area contributed by atoms with Gasteiger partial charge in [-0.3, -0.25) is 14.2 Å². The lowest BCUT2D eigenvalue weighted by Gasteiger charge is -2.10. The molecule has 4 rings (SSSR count). The number of nitrogens with zero attached hydrogens (tertiary/aromatic N) is 3. The van der Waals surface area contributed by atoms with E-state index in [0.717, 1.165) is 42.8 Å². The predicted octanol–water partition coefficient (Wildman–Crippen LogP) is 2.57. The molecule has 1 aliphatic rings. The summed E-state index contributed by atoms with van der Waals surface area (Å²) in [5.41, 5.74) is 1.46. The van der Waals surface area contributed by atoms with Gasteiger partial charge < -0.3 is 5.32 Å². The first-order valence-electron chi connectivity index (χ1n) is 8.42. The highest BCUT2D eigenvalue weighted by atomic mass is 32.1. The fourth-order valence-electron chi connectivity index (χ4n) is 3.22. The van der Waals surface area contributed by atoms with Crippen molar-refractivity contribution >= 4 is 28.5 Å². The van der Waals surface area contributed by atoms with Crippen LogP contribution >= 0.6 is 11.5 Å². The molecular formula is C18H18N4O2S. The van der Waals surface area contributed by atoms with Crippen LogP contribution in [0.25, 0.3) is 11.0 Å². The first kappa shape index (κ1) is 16.0. The molecule has 0 bridgehead atoms. The summed E-state index contributed by atoms with van der Waals surface area (Å²) in [6.07, 6.45) is 5.83. The van der Waals surface area contributed by atoms with E-state index in [2.05, 4.69) is 14.7 Å². The molecule has 1 aromatic carbocycles. The Morgan fingerprint density at radius 1 is 1.20 bits per heavy atom. The van der Waals surface area contributed by atoms with Crippen LogP contribution in [-0.2, 0) is 6.54 Å². The van der Waals surface area contributed by atoms with Gasteiger partial charge in [-0.25, -0.2) is 4.98 Å². The Labute approximate surface area is 148 Å². The van der Waals surface area contributed by atoms with Crippen molar-refractivity contribution in [1.82, 2.24) is 19.2 Å². The third kappa shape index (κ3) is 3.19. The molecule has 3 aromatic rings. The average molecular weight is 354 g/mol. The van der Waals surface area contributed by atoms with Crippen molar-refractivity contribution in [2.45, 2.75) is 38.3 Å². The second-order valence-electron chi connectivity index (χ2n) is 6.33. The van der Waals surface area contributed by atoms with E-state index >= 15 is 0 Å². The Bertz CT molecular complexity index is 958. The molecule has 0 spiro atoms. The predicted molar refractivity (Wildman–Crippen MR) is 96.9 cm³/mol. The summed E-state index contributed by atoms with van der Waals surface area (Å²) in [6.45, 7) is 0.434. The van der Waals surface area contributed by atoms with Crippen LogP contribution in [-0.4, -0.2) is 25.9 Å². The van der Waals surface area contributed by atoms with Crippen LogP contribution in [0.15, 0.2) is 41.5 Å². The minimum atomic E-state index is -0.218. The highest BCUT2D eigenvalue weighted by molar-refractivity contribution is 7.09. The van der Waals surface area contributed by atoms with Crippen LogP contribution in [0.2, 0.25) is 0 Å². The summed E-state index contributed by atoms with van der Waals surface area (Å²) in [5.74, 6) is -0.174. The van der Waals surface area contributed by atoms with Crippen molar-refractivity contribution in [2.75, 3.05) is 0 Å². The summed E-state index contributed by atoms with van der Waals surface area (Å²) in [4.78, 5) is 29.9. The van der Waals surface area contributed by atoms with Crippen molar-refractivity contribution < 1.29 is 4.79 Å². The van der Waals surface area contributed by atoms with Gasteiger partial charge in [0.15, 0.2) is 5.52 Å². The molecule has 128 valence electrons. The SMILES string of the molecule is O=C(NC1CCCC1)c1snc2c(=O)n(Cc3ccccc3)cnc12. The fourth-order valence-corrected chi connectivity index (χ4v) is 3.95. The molecule has 1 fully saturated rings. The van der Waals surface area contributed by atoms with E-state index < -0.39 is 0 Å². The number of nitrogens with one attached hydrogen (secondary N) is 1. The molecule has 1 amide bonds. The molecule has 7 heteroatoms. The molecule has 1 saturated carbocycles. The molecular weight excluding hydrogens is 336 g/mol. The van der Waals surface area contributed by atoms with Crippen LogP contribution < -0.4 is 10.9 Å². The zero-order valence-corrected chi connectivity index (χ0v) is 14.5. The lowest BCUT2D eigenvalue weighted by molar-refractivity contribution is 0.0943. The van der Waals surface area contributed by atoms with Crippen molar-refractivity contribution in [3.63, 3.8) is 0 Å². The molecule has 0 atom stereocenters. The molecule has 0 unspecified atom stereocenters. The van der Waals surface area contributed by atoms with Gasteiger partial charge >= 0.3 is 0 Å². The second-order valence-corrected chi connectivity index (χ2v) is 7.10. The molecule has 25 heavy (non-hydrogen) atoms. The maximum Gasteiger partial charge on any atom is 0.281 e. The number of carbonyl (C=O) groups is 1. The highest BCUT2D eigenvalue weighted by Gasteiger charge is 2.22. The number of amides is 1. The van der Waals surface area contributed by atoms with E-state index in [0.29, 0.717) is 16.9 Å². The largest absolute Gasteiger partial charge is 0.348 e. The third-order valence-corrected chi connectivity index (χ3v) is 5.38. The van der Waals surface area contributed by atoms with E-state index in [1.807, 2.05) is 30.3 Å². The number of hydrogen-bond donors (Lipinski definition) is 1. The van der Waals surface area contributed by atoms with Gasteiger partial charge in [-0.1, -0.05) is 43.2 Å². The van der Waals surface area contributed by atoms with E-state index in [1.54, 1.807) is 0 Å². The van der Waals surface area contributed by atoms with E-state index in [1.165, 1.54) is 10.9 Å². The Balaban J connectivity index is 1.62. The van der Waals surface area contributed by atoms with E-state index in [-0.39, 0.29) is 23.0 Å². The number of carbonyl (C=O) groups excluding carboxylic acids is 1. The van der Waals surface area contributed by atoms with Gasteiger partial charge in [-0.05, 0) is 29.9 Å². The normalized spacial score (nSPS) is 14.9. The monoisotopic (exact) mass is 354 g/mol. The number of hydrogen-bond acceptors (Lipinski definition) is 5. The number of aromatic nitrogens is 3. The highest BCUT2D eigenvalue weighted by Crippen LogP contribution is 2.21. The zero-order valence-electron chi connectivity index (χ0n) is 13.6. The number of rotatable bonds is 4. The summed E-state index contributed by atoms with van der Waals surface area (Å²) >= 11 is 1.05. The van der Waals surface area contributed by atoms with Gasteiger partial charge in [0, 0.05) is 6.04 Å². The van der Waals surface area contributed by atoms with Crippen molar-refractivity contribution in [3.8, 4) is 0 Å². The second kappa shape index (κ2) is 6.76. The summed E-state index contributed by atoms with van der Waals surface area (Å²) < 4.78 is 5.72. The number of fused-ring (bicyclic) bond motifs is 1. The van der Waals surface area contributed by atoms with Crippen LogP contribution in [0.4, 0.5) is 0 Å². The van der Waals surface area contributed by atoms with Crippen LogP contribution in [0.1, 0.15) is 40.9 Å². The lowest BCUT2D eigenvalue weighted by Crippen LogP contribution is -2.32. The Kier molecular flexibility index (Phi) is 4.31. The first-order chi connectivity index (χ1) is 12.2. The van der Waals surface area contributed by atoms with Gasteiger partial charge in [0.05, 0.1) is 12.9 Å². The molecule has 0 aliphatic heterocycles. The van der Waals surface area contributed by atoms with Crippen molar-refractivity contribution in [1.29, 1.82) is 0 Å². The van der Waals surface area contributed by atoms with Crippen LogP contribution in [0.3, 0.4) is 0 Å². The molecule has 0 saturated heterocycles. The van der Waals surface area contributed by atoms with Crippen molar-refractivity contribution in [3.05, 3.63) is 57.5 Å². The minimum absolute atomic E-state index is 0.174. The van der Waals surface area contributed by atoms with Gasteiger partial charge in [0.25, 0.3) is 11.5 Å². The molecule has 6 nitrogen and oxygen atoms in total. The summed E-state index contributed by atoms with van der Waals surface area (Å²) in [6, 6.07) is 9.93. The molecule has 1 N–H and O–H groups in total. The van der Waals surface area contributed by atoms with Gasteiger partial charge in [-0.15, -0.1) is 0 Å². The Morgan fingerprint density at radius 3 is 2.72 bits per heavy atom. The standard InChI is InChI=1S/C18H18N4O2S/c23-17(20-13-8-4-5-9-13)16-14-15(21-25-16)18(24)22(11-19-14)10-12-6-2-1-3-7-12/h1-3,6-7,11,13H,4-5,8-10H2,(H,20,23).